The van der Waals surface area contributed by atoms with Crippen molar-refractivity contribution in [1.29, 1.82) is 0 Å². The minimum absolute atomic E-state index is 0.215. The predicted molar refractivity (Wildman–Crippen MR) is 70.5 cm³/mol. The highest BCUT2D eigenvalue weighted by atomic mass is 35.5. The van der Waals surface area contributed by atoms with E-state index in [9.17, 15) is 4.79 Å². The third-order valence-electron chi connectivity index (χ3n) is 2.45. The number of carbonyl (C=O) groups excluding carboxylic acids is 1. The third-order valence-corrected chi connectivity index (χ3v) is 2.71. The number of aromatic amines is 1. The van der Waals surface area contributed by atoms with E-state index in [1.165, 1.54) is 6.07 Å². The third kappa shape index (κ3) is 3.24. The van der Waals surface area contributed by atoms with Crippen LogP contribution < -0.4 is 11.1 Å². The van der Waals surface area contributed by atoms with Crippen LogP contribution in [0, 0.1) is 0 Å². The molecular weight excluding hydrogens is 252 g/mol. The van der Waals surface area contributed by atoms with Crippen LogP contribution in [0.15, 0.2) is 30.3 Å². The lowest BCUT2D eigenvalue weighted by molar-refractivity contribution is 0.0949. The van der Waals surface area contributed by atoms with Crippen molar-refractivity contribution in [2.24, 2.45) is 0 Å². The van der Waals surface area contributed by atoms with E-state index in [0.29, 0.717) is 23.1 Å². The Hall–Kier alpha value is -2.01. The number of hydrogen-bond acceptors (Lipinski definition) is 3. The second-order valence-corrected chi connectivity index (χ2v) is 4.28. The van der Waals surface area contributed by atoms with Gasteiger partial charge in [-0.2, -0.15) is 5.10 Å². The fourth-order valence-corrected chi connectivity index (χ4v) is 1.65. The fraction of sp³-hybridized carbons (Fsp3) is 0.167. The van der Waals surface area contributed by atoms with Crippen LogP contribution in [0.3, 0.4) is 0 Å². The number of aromatic nitrogens is 2. The maximum atomic E-state index is 11.6. The molecule has 0 atom stereocenters. The number of amides is 1. The molecule has 2 rings (SSSR count). The molecule has 1 amide bonds. The van der Waals surface area contributed by atoms with Crippen LogP contribution in [0.2, 0.25) is 5.02 Å². The van der Waals surface area contributed by atoms with E-state index in [1.807, 2.05) is 24.3 Å². The number of H-pyrrole nitrogens is 1. The van der Waals surface area contributed by atoms with Crippen molar-refractivity contribution in [2.75, 3.05) is 12.3 Å². The quantitative estimate of drug-likeness (QED) is 0.785. The number of rotatable bonds is 4. The van der Waals surface area contributed by atoms with Crippen molar-refractivity contribution in [1.82, 2.24) is 15.5 Å². The SMILES string of the molecule is Nc1cc(C(=O)NCCc2ccc(Cl)cc2)[nH]n1. The molecule has 0 aliphatic rings. The van der Waals surface area contributed by atoms with Gasteiger partial charge in [-0.05, 0) is 24.1 Å². The Bertz CT molecular complexity index is 535. The minimum atomic E-state index is -0.215. The summed E-state index contributed by atoms with van der Waals surface area (Å²) >= 11 is 5.79. The number of nitrogens with two attached hydrogens (primary N) is 1. The molecule has 0 saturated carbocycles. The molecule has 0 aliphatic carbocycles. The Kier molecular flexibility index (Phi) is 3.84. The molecule has 1 aromatic heterocycles. The molecule has 4 N–H and O–H groups in total. The number of anilines is 1. The summed E-state index contributed by atoms with van der Waals surface area (Å²) in [5.74, 6) is 0.0889. The van der Waals surface area contributed by atoms with Gasteiger partial charge in [0.1, 0.15) is 11.5 Å². The first-order chi connectivity index (χ1) is 8.65. The van der Waals surface area contributed by atoms with Crippen LogP contribution >= 0.6 is 11.6 Å². The molecule has 0 saturated heterocycles. The zero-order chi connectivity index (χ0) is 13.0. The van der Waals surface area contributed by atoms with E-state index in [1.54, 1.807) is 0 Å². The van der Waals surface area contributed by atoms with E-state index in [2.05, 4.69) is 15.5 Å². The van der Waals surface area contributed by atoms with Crippen LogP contribution in [0.25, 0.3) is 0 Å². The van der Waals surface area contributed by atoms with Gasteiger partial charge in [0.05, 0.1) is 0 Å². The molecule has 0 radical (unpaired) electrons. The van der Waals surface area contributed by atoms with E-state index in [-0.39, 0.29) is 5.91 Å². The van der Waals surface area contributed by atoms with Gasteiger partial charge in [-0.15, -0.1) is 0 Å². The molecule has 6 heteroatoms. The zero-order valence-electron chi connectivity index (χ0n) is 9.61. The lowest BCUT2D eigenvalue weighted by atomic mass is 10.1. The van der Waals surface area contributed by atoms with Crippen LogP contribution in [0.1, 0.15) is 16.1 Å². The lowest BCUT2D eigenvalue weighted by Gasteiger charge is -2.03. The molecule has 1 aromatic carbocycles. The van der Waals surface area contributed by atoms with E-state index >= 15 is 0 Å². The van der Waals surface area contributed by atoms with E-state index in [0.717, 1.165) is 12.0 Å². The smallest absolute Gasteiger partial charge is 0.269 e. The first-order valence-electron chi connectivity index (χ1n) is 5.48. The molecule has 0 spiro atoms. The van der Waals surface area contributed by atoms with Crippen LogP contribution in [0.5, 0.6) is 0 Å². The Morgan fingerprint density at radius 3 is 2.72 bits per heavy atom. The van der Waals surface area contributed by atoms with Crippen molar-refractivity contribution < 1.29 is 4.79 Å². The standard InChI is InChI=1S/C12H13ClN4O/c13-9-3-1-8(2-4-9)5-6-15-12(18)10-7-11(14)17-16-10/h1-4,7H,5-6H2,(H,15,18)(H3,14,16,17). The zero-order valence-corrected chi connectivity index (χ0v) is 10.4. The summed E-state index contributed by atoms with van der Waals surface area (Å²) in [5, 5.41) is 9.73. The summed E-state index contributed by atoms with van der Waals surface area (Å²) in [6, 6.07) is 9.02. The average Bonchev–Trinajstić information content (AvgIpc) is 2.78. The van der Waals surface area contributed by atoms with Crippen molar-refractivity contribution in [2.45, 2.75) is 6.42 Å². The molecule has 0 fully saturated rings. The van der Waals surface area contributed by atoms with Gasteiger partial charge in [0.25, 0.3) is 5.91 Å². The summed E-state index contributed by atoms with van der Waals surface area (Å²) in [7, 11) is 0. The molecule has 0 bridgehead atoms. The van der Waals surface area contributed by atoms with Gasteiger partial charge >= 0.3 is 0 Å². The maximum Gasteiger partial charge on any atom is 0.269 e. The Balaban J connectivity index is 1.82. The Labute approximate surface area is 109 Å². The number of halogens is 1. The highest BCUT2D eigenvalue weighted by Gasteiger charge is 2.07. The van der Waals surface area contributed by atoms with Crippen molar-refractivity contribution in [3.63, 3.8) is 0 Å². The van der Waals surface area contributed by atoms with Crippen molar-refractivity contribution in [3.05, 3.63) is 46.6 Å². The molecule has 18 heavy (non-hydrogen) atoms. The number of nitrogens with one attached hydrogen (secondary N) is 2. The molecule has 1 heterocycles. The Morgan fingerprint density at radius 2 is 2.11 bits per heavy atom. The van der Waals surface area contributed by atoms with Crippen LogP contribution in [0.4, 0.5) is 5.82 Å². The van der Waals surface area contributed by atoms with Crippen LogP contribution in [-0.2, 0) is 6.42 Å². The first-order valence-corrected chi connectivity index (χ1v) is 5.86. The fourth-order valence-electron chi connectivity index (χ4n) is 1.52. The number of hydrogen-bond donors (Lipinski definition) is 3. The number of carbonyl (C=O) groups is 1. The van der Waals surface area contributed by atoms with E-state index in [4.69, 9.17) is 17.3 Å². The molecule has 5 nitrogen and oxygen atoms in total. The highest BCUT2D eigenvalue weighted by molar-refractivity contribution is 6.30. The van der Waals surface area contributed by atoms with Crippen LogP contribution in [-0.4, -0.2) is 22.6 Å². The number of benzene rings is 1. The lowest BCUT2D eigenvalue weighted by Crippen LogP contribution is -2.26. The summed E-state index contributed by atoms with van der Waals surface area (Å²) in [4.78, 5) is 11.6. The average molecular weight is 265 g/mol. The molecule has 2 aromatic rings. The van der Waals surface area contributed by atoms with Gasteiger partial charge in [-0.1, -0.05) is 23.7 Å². The molecule has 94 valence electrons. The summed E-state index contributed by atoms with van der Waals surface area (Å²) in [6.07, 6.45) is 0.743. The van der Waals surface area contributed by atoms with Gasteiger partial charge in [0, 0.05) is 17.6 Å². The molecule has 0 aliphatic heterocycles. The van der Waals surface area contributed by atoms with E-state index < -0.39 is 0 Å². The number of nitrogens with zero attached hydrogens (tertiary/aromatic N) is 1. The Morgan fingerprint density at radius 1 is 1.39 bits per heavy atom. The van der Waals surface area contributed by atoms with Crippen molar-refractivity contribution >= 4 is 23.3 Å². The highest BCUT2D eigenvalue weighted by Crippen LogP contribution is 2.09. The van der Waals surface area contributed by atoms with Gasteiger partial charge in [0.2, 0.25) is 0 Å². The first kappa shape index (κ1) is 12.4. The normalized spacial score (nSPS) is 10.3. The number of nitrogen functional groups attached to an aromatic ring is 1. The van der Waals surface area contributed by atoms with Gasteiger partial charge in [-0.25, -0.2) is 0 Å². The predicted octanol–water partition coefficient (Wildman–Crippen LogP) is 1.62. The molecule has 0 unspecified atom stereocenters. The van der Waals surface area contributed by atoms with Gasteiger partial charge in [0.15, 0.2) is 0 Å². The largest absolute Gasteiger partial charge is 0.382 e. The monoisotopic (exact) mass is 264 g/mol. The molecular formula is C12H13ClN4O. The summed E-state index contributed by atoms with van der Waals surface area (Å²) in [5.41, 5.74) is 6.89. The van der Waals surface area contributed by atoms with Crippen molar-refractivity contribution in [3.8, 4) is 0 Å². The maximum absolute atomic E-state index is 11.6. The minimum Gasteiger partial charge on any atom is -0.382 e. The topological polar surface area (TPSA) is 83.8 Å². The summed E-state index contributed by atoms with van der Waals surface area (Å²) < 4.78 is 0. The van der Waals surface area contributed by atoms with Gasteiger partial charge in [-0.3, -0.25) is 9.89 Å². The second-order valence-electron chi connectivity index (χ2n) is 3.84. The second kappa shape index (κ2) is 5.55. The summed E-state index contributed by atoms with van der Waals surface area (Å²) in [6.45, 7) is 0.541. The van der Waals surface area contributed by atoms with Gasteiger partial charge < -0.3 is 11.1 Å².